The van der Waals surface area contributed by atoms with E-state index in [1.807, 2.05) is 6.92 Å². The highest BCUT2D eigenvalue weighted by atomic mass is 35.5. The third-order valence-corrected chi connectivity index (χ3v) is 7.63. The van der Waals surface area contributed by atoms with Crippen molar-refractivity contribution in [3.63, 3.8) is 0 Å². The van der Waals surface area contributed by atoms with Crippen molar-refractivity contribution in [1.29, 1.82) is 0 Å². The first-order valence-corrected chi connectivity index (χ1v) is 11.0. The Morgan fingerprint density at radius 3 is 2.37 bits per heavy atom. The molecular formula is C19H30ClN3O3S. The molecule has 0 atom stereocenters. The Bertz CT molecular complexity index is 770. The van der Waals surface area contributed by atoms with E-state index in [0.29, 0.717) is 25.2 Å². The number of hydrogen-bond acceptors (Lipinski definition) is 4. The van der Waals surface area contributed by atoms with Crippen LogP contribution in [0.25, 0.3) is 0 Å². The molecule has 6 nitrogen and oxygen atoms in total. The van der Waals surface area contributed by atoms with E-state index in [0.717, 1.165) is 50.5 Å². The molecule has 1 heterocycles. The van der Waals surface area contributed by atoms with Crippen LogP contribution in [0, 0.1) is 6.92 Å². The van der Waals surface area contributed by atoms with Gasteiger partial charge in [-0.2, -0.15) is 4.31 Å². The molecule has 1 aliphatic heterocycles. The van der Waals surface area contributed by atoms with Crippen LogP contribution in [0.4, 0.5) is 0 Å². The molecule has 0 unspecified atom stereocenters. The van der Waals surface area contributed by atoms with E-state index in [2.05, 4.69) is 5.32 Å². The van der Waals surface area contributed by atoms with Gasteiger partial charge in [0.2, 0.25) is 10.0 Å². The van der Waals surface area contributed by atoms with E-state index in [9.17, 15) is 13.2 Å². The normalized spacial score (nSPS) is 20.1. The Morgan fingerprint density at radius 2 is 1.78 bits per heavy atom. The van der Waals surface area contributed by atoms with Crippen LogP contribution in [-0.4, -0.2) is 43.8 Å². The van der Waals surface area contributed by atoms with Crippen LogP contribution in [0.5, 0.6) is 0 Å². The van der Waals surface area contributed by atoms with Crippen molar-refractivity contribution in [2.45, 2.75) is 62.3 Å². The maximum absolute atomic E-state index is 12.9. The molecule has 0 spiro atoms. The summed E-state index contributed by atoms with van der Waals surface area (Å²) in [6, 6.07) is 4.84. The molecule has 1 aromatic rings. The van der Waals surface area contributed by atoms with E-state index < -0.39 is 10.0 Å². The minimum absolute atomic E-state index is 0. The Balaban J connectivity index is 0.00000261. The molecule has 1 amide bonds. The van der Waals surface area contributed by atoms with E-state index >= 15 is 0 Å². The summed E-state index contributed by atoms with van der Waals surface area (Å²) in [5.74, 6) is -0.231. The predicted molar refractivity (Wildman–Crippen MR) is 109 cm³/mol. The second kappa shape index (κ2) is 8.90. The summed E-state index contributed by atoms with van der Waals surface area (Å²) in [5, 5.41) is 3.09. The summed E-state index contributed by atoms with van der Waals surface area (Å²) in [7, 11) is -3.55. The Kier molecular flexibility index (Phi) is 7.30. The molecule has 1 saturated carbocycles. The molecule has 3 N–H and O–H groups in total. The van der Waals surface area contributed by atoms with Crippen LogP contribution in [0.2, 0.25) is 0 Å². The zero-order valence-electron chi connectivity index (χ0n) is 15.9. The molecule has 2 aliphatic rings. The number of nitrogens with one attached hydrogen (secondary N) is 1. The molecule has 1 aromatic carbocycles. The van der Waals surface area contributed by atoms with Gasteiger partial charge in [-0.1, -0.05) is 25.3 Å². The number of benzene rings is 1. The van der Waals surface area contributed by atoms with Crippen LogP contribution < -0.4 is 11.1 Å². The predicted octanol–water partition coefficient (Wildman–Crippen LogP) is 2.59. The Hall–Kier alpha value is -1.15. The number of hydrogen-bond donors (Lipinski definition) is 2. The third-order valence-electron chi connectivity index (χ3n) is 5.74. The fourth-order valence-electron chi connectivity index (χ4n) is 4.00. The van der Waals surface area contributed by atoms with E-state index in [1.54, 1.807) is 12.1 Å². The maximum atomic E-state index is 12.9. The summed E-state index contributed by atoms with van der Waals surface area (Å²) >= 11 is 0. The Labute approximate surface area is 168 Å². The van der Waals surface area contributed by atoms with Gasteiger partial charge >= 0.3 is 0 Å². The summed E-state index contributed by atoms with van der Waals surface area (Å²) in [5.41, 5.74) is 6.74. The van der Waals surface area contributed by atoms with Gasteiger partial charge in [-0.25, -0.2) is 8.42 Å². The summed E-state index contributed by atoms with van der Waals surface area (Å²) < 4.78 is 27.4. The number of piperidine rings is 1. The fourth-order valence-corrected chi connectivity index (χ4v) is 5.54. The summed E-state index contributed by atoms with van der Waals surface area (Å²) in [6.45, 7) is 3.33. The van der Waals surface area contributed by atoms with Gasteiger partial charge in [0.15, 0.2) is 0 Å². The zero-order valence-corrected chi connectivity index (χ0v) is 17.5. The highest BCUT2D eigenvalue weighted by Crippen LogP contribution is 2.29. The first-order chi connectivity index (χ1) is 12.4. The molecular weight excluding hydrogens is 386 g/mol. The monoisotopic (exact) mass is 415 g/mol. The van der Waals surface area contributed by atoms with Gasteiger partial charge in [0, 0.05) is 25.2 Å². The number of amides is 1. The van der Waals surface area contributed by atoms with E-state index in [1.165, 1.54) is 10.4 Å². The van der Waals surface area contributed by atoms with Crippen molar-refractivity contribution in [2.75, 3.05) is 19.6 Å². The summed E-state index contributed by atoms with van der Waals surface area (Å²) in [4.78, 5) is 13.1. The molecule has 0 radical (unpaired) electrons. The van der Waals surface area contributed by atoms with E-state index in [-0.39, 0.29) is 28.7 Å². The van der Waals surface area contributed by atoms with Crippen molar-refractivity contribution in [2.24, 2.45) is 5.73 Å². The van der Waals surface area contributed by atoms with Crippen molar-refractivity contribution in [3.8, 4) is 0 Å². The fraction of sp³-hybridized carbons (Fsp3) is 0.632. The van der Waals surface area contributed by atoms with Gasteiger partial charge in [0.25, 0.3) is 5.91 Å². The molecule has 2 fully saturated rings. The van der Waals surface area contributed by atoms with E-state index in [4.69, 9.17) is 5.73 Å². The number of aryl methyl sites for hydroxylation is 1. The topological polar surface area (TPSA) is 92.5 Å². The van der Waals surface area contributed by atoms with Crippen LogP contribution in [0.1, 0.15) is 60.9 Å². The SMILES string of the molecule is Cc1ccc(S(=O)(=O)N2CCCCC2)cc1C(=O)NC1(CN)CCCC1.Cl. The molecule has 0 bridgehead atoms. The lowest BCUT2D eigenvalue weighted by Gasteiger charge is -2.29. The average molecular weight is 416 g/mol. The maximum Gasteiger partial charge on any atom is 0.252 e. The highest BCUT2D eigenvalue weighted by molar-refractivity contribution is 7.89. The molecule has 1 saturated heterocycles. The standard InChI is InChI=1S/C19H29N3O3S.ClH/c1-15-7-8-16(26(24,25)22-11-5-2-6-12-22)13-17(15)18(23)21-19(14-20)9-3-4-10-19;/h7-8,13H,2-6,9-12,14,20H2,1H3,(H,21,23);1H. The lowest BCUT2D eigenvalue weighted by Crippen LogP contribution is -2.51. The molecule has 8 heteroatoms. The van der Waals surface area contributed by atoms with Gasteiger partial charge in [-0.15, -0.1) is 12.4 Å². The molecule has 3 rings (SSSR count). The number of carbonyl (C=O) groups is 1. The minimum Gasteiger partial charge on any atom is -0.345 e. The van der Waals surface area contributed by atoms with Crippen LogP contribution >= 0.6 is 12.4 Å². The lowest BCUT2D eigenvalue weighted by molar-refractivity contribution is 0.0902. The zero-order chi connectivity index (χ0) is 18.8. The third kappa shape index (κ3) is 4.65. The van der Waals surface area contributed by atoms with Crippen LogP contribution in [-0.2, 0) is 10.0 Å². The van der Waals surface area contributed by atoms with Crippen molar-refractivity contribution in [3.05, 3.63) is 29.3 Å². The van der Waals surface area contributed by atoms with Gasteiger partial charge in [-0.3, -0.25) is 4.79 Å². The average Bonchev–Trinajstić information content (AvgIpc) is 3.11. The Morgan fingerprint density at radius 1 is 1.15 bits per heavy atom. The second-order valence-corrected chi connectivity index (χ2v) is 9.53. The van der Waals surface area contributed by atoms with Crippen molar-refractivity contribution in [1.82, 2.24) is 9.62 Å². The number of nitrogens with two attached hydrogens (primary N) is 1. The summed E-state index contributed by atoms with van der Waals surface area (Å²) in [6.07, 6.45) is 6.70. The number of sulfonamides is 1. The lowest BCUT2D eigenvalue weighted by atomic mass is 9.96. The van der Waals surface area contributed by atoms with Crippen molar-refractivity contribution >= 4 is 28.3 Å². The first kappa shape index (κ1) is 22.1. The molecule has 27 heavy (non-hydrogen) atoms. The number of carbonyl (C=O) groups excluding carboxylic acids is 1. The molecule has 1 aliphatic carbocycles. The quantitative estimate of drug-likeness (QED) is 0.772. The smallest absolute Gasteiger partial charge is 0.252 e. The van der Waals surface area contributed by atoms with Gasteiger partial charge in [-0.05, 0) is 50.3 Å². The van der Waals surface area contributed by atoms with Gasteiger partial charge in [0.05, 0.1) is 10.4 Å². The molecule has 0 aromatic heterocycles. The minimum atomic E-state index is -3.55. The van der Waals surface area contributed by atoms with Crippen molar-refractivity contribution < 1.29 is 13.2 Å². The van der Waals surface area contributed by atoms with Crippen LogP contribution in [0.15, 0.2) is 23.1 Å². The second-order valence-electron chi connectivity index (χ2n) is 7.59. The number of nitrogens with zero attached hydrogens (tertiary/aromatic N) is 1. The largest absolute Gasteiger partial charge is 0.345 e. The van der Waals surface area contributed by atoms with Crippen LogP contribution in [0.3, 0.4) is 0 Å². The number of halogens is 1. The first-order valence-electron chi connectivity index (χ1n) is 9.51. The number of rotatable bonds is 5. The van der Waals surface area contributed by atoms with Gasteiger partial charge < -0.3 is 11.1 Å². The molecule has 152 valence electrons. The highest BCUT2D eigenvalue weighted by Gasteiger charge is 2.35. The van der Waals surface area contributed by atoms with Gasteiger partial charge in [0.1, 0.15) is 0 Å².